The topological polar surface area (TPSA) is 121 Å². The van der Waals surface area contributed by atoms with Gasteiger partial charge in [-0.3, -0.25) is 9.59 Å². The number of carbonyl (C=O) groups excluding carboxylic acids is 2. The average Bonchev–Trinajstić information content (AvgIpc) is 3.66. The number of fused-ring (bicyclic) bond motifs is 4. The number of benzene rings is 2. The van der Waals surface area contributed by atoms with Gasteiger partial charge in [0.05, 0.1) is 22.9 Å². The van der Waals surface area contributed by atoms with E-state index in [2.05, 4.69) is 20.5 Å². The Hall–Kier alpha value is -4.27. The van der Waals surface area contributed by atoms with Gasteiger partial charge in [0, 0.05) is 23.2 Å². The summed E-state index contributed by atoms with van der Waals surface area (Å²) in [5.74, 6) is 0.441. The van der Waals surface area contributed by atoms with Crippen LogP contribution in [0.3, 0.4) is 0 Å². The van der Waals surface area contributed by atoms with Crippen LogP contribution in [0.2, 0.25) is 0 Å². The fourth-order valence-electron chi connectivity index (χ4n) is 6.36. The summed E-state index contributed by atoms with van der Waals surface area (Å²) in [6.45, 7) is 0. The zero-order valence-electron chi connectivity index (χ0n) is 20.8. The summed E-state index contributed by atoms with van der Waals surface area (Å²) in [7, 11) is 0. The molecule has 2 fully saturated rings. The van der Waals surface area contributed by atoms with Gasteiger partial charge in [-0.25, -0.2) is 4.98 Å². The minimum absolute atomic E-state index is 0.0497. The number of rotatable bonds is 4. The van der Waals surface area contributed by atoms with Gasteiger partial charge in [-0.05, 0) is 67.3 Å². The lowest BCUT2D eigenvalue weighted by atomic mass is 9.88. The fourth-order valence-corrected chi connectivity index (χ4v) is 6.36. The van der Waals surface area contributed by atoms with E-state index in [9.17, 15) is 14.7 Å². The van der Waals surface area contributed by atoms with E-state index in [-0.39, 0.29) is 29.6 Å². The summed E-state index contributed by atoms with van der Waals surface area (Å²) in [6.07, 6.45) is 9.40. The van der Waals surface area contributed by atoms with E-state index in [1.807, 2.05) is 30.3 Å². The second-order valence-corrected chi connectivity index (χ2v) is 10.6. The van der Waals surface area contributed by atoms with E-state index < -0.39 is 6.04 Å². The molecule has 1 aliphatic carbocycles. The van der Waals surface area contributed by atoms with E-state index in [1.54, 1.807) is 24.7 Å². The predicted molar refractivity (Wildman–Crippen MR) is 142 cm³/mol. The van der Waals surface area contributed by atoms with Gasteiger partial charge in [-0.1, -0.05) is 19.3 Å². The highest BCUT2D eigenvalue weighted by atomic mass is 16.3. The number of nitrogens with one attached hydrogen (secondary N) is 3. The number of furan rings is 1. The van der Waals surface area contributed by atoms with Crippen LogP contribution in [0.5, 0.6) is 5.75 Å². The number of hydrogen-bond acceptors (Lipinski definition) is 6. The lowest BCUT2D eigenvalue weighted by Gasteiger charge is -2.32. The first-order chi connectivity index (χ1) is 18.5. The lowest BCUT2D eigenvalue weighted by Crippen LogP contribution is -2.57. The molecule has 1 saturated carbocycles. The standard InChI is InChI=1S/C29H29N5O4/c35-19-7-8-22-20(13-19)21-14-24(29(37)33-26(21)30-22)32-28(36)16-6-9-25-23(12-16)31-27(17-10-11-38-15-17)34(25)18-4-2-1-3-5-18/h6-13,15,18,21,24,26,30,35H,1-5,14H2,(H,32,36)(H,33,37)/t21?,24-,26?/m0/s1. The molecule has 9 nitrogen and oxygen atoms in total. The third-order valence-corrected chi connectivity index (χ3v) is 8.23. The number of phenols is 1. The van der Waals surface area contributed by atoms with Crippen LogP contribution in [-0.4, -0.2) is 38.7 Å². The molecule has 2 unspecified atom stereocenters. The zero-order chi connectivity index (χ0) is 25.8. The van der Waals surface area contributed by atoms with Crippen molar-refractivity contribution in [3.05, 3.63) is 66.1 Å². The van der Waals surface area contributed by atoms with Crippen molar-refractivity contribution in [3.63, 3.8) is 0 Å². The largest absolute Gasteiger partial charge is 0.508 e. The van der Waals surface area contributed by atoms with Crippen molar-refractivity contribution in [1.29, 1.82) is 0 Å². The Morgan fingerprint density at radius 2 is 1.95 bits per heavy atom. The summed E-state index contributed by atoms with van der Waals surface area (Å²) in [4.78, 5) is 31.1. The van der Waals surface area contributed by atoms with E-state index in [4.69, 9.17) is 9.40 Å². The van der Waals surface area contributed by atoms with Crippen LogP contribution < -0.4 is 16.0 Å². The monoisotopic (exact) mass is 511 g/mol. The van der Waals surface area contributed by atoms with Crippen LogP contribution in [0.25, 0.3) is 22.4 Å². The maximum atomic E-state index is 13.3. The van der Waals surface area contributed by atoms with Gasteiger partial charge < -0.3 is 30.0 Å². The minimum Gasteiger partial charge on any atom is -0.508 e. The van der Waals surface area contributed by atoms with Crippen LogP contribution in [0.4, 0.5) is 5.69 Å². The quantitative estimate of drug-likeness (QED) is 0.296. The van der Waals surface area contributed by atoms with Gasteiger partial charge in [0.2, 0.25) is 5.91 Å². The third kappa shape index (κ3) is 3.81. The van der Waals surface area contributed by atoms with Gasteiger partial charge in [0.25, 0.3) is 5.91 Å². The number of aromatic nitrogens is 2. The molecule has 0 bridgehead atoms. The van der Waals surface area contributed by atoms with Crippen molar-refractivity contribution in [1.82, 2.24) is 20.2 Å². The molecule has 2 amide bonds. The number of hydrogen-bond donors (Lipinski definition) is 4. The van der Waals surface area contributed by atoms with E-state index in [1.165, 1.54) is 19.3 Å². The maximum absolute atomic E-state index is 13.3. The summed E-state index contributed by atoms with van der Waals surface area (Å²) in [5.41, 5.74) is 4.95. The Kier molecular flexibility index (Phi) is 5.38. The van der Waals surface area contributed by atoms with Crippen LogP contribution in [-0.2, 0) is 4.79 Å². The van der Waals surface area contributed by atoms with Crippen LogP contribution in [0.1, 0.15) is 66.4 Å². The van der Waals surface area contributed by atoms with E-state index in [0.29, 0.717) is 18.0 Å². The molecule has 9 heteroatoms. The third-order valence-electron chi connectivity index (χ3n) is 8.23. The van der Waals surface area contributed by atoms with E-state index >= 15 is 0 Å². The highest BCUT2D eigenvalue weighted by Crippen LogP contribution is 2.41. The van der Waals surface area contributed by atoms with Crippen molar-refractivity contribution < 1.29 is 19.1 Å². The Balaban J connectivity index is 1.16. The molecule has 7 rings (SSSR count). The SMILES string of the molecule is O=C(N[C@H]1CC2c3cc(O)ccc3NC2NC1=O)c1ccc2c(c1)nc(-c1ccoc1)n2C1CCCCC1. The van der Waals surface area contributed by atoms with Crippen LogP contribution in [0, 0.1) is 0 Å². The molecule has 4 heterocycles. The number of imidazole rings is 1. The van der Waals surface area contributed by atoms with Crippen LogP contribution in [0.15, 0.2) is 59.4 Å². The van der Waals surface area contributed by atoms with Gasteiger partial charge in [-0.15, -0.1) is 0 Å². The van der Waals surface area contributed by atoms with Crippen LogP contribution >= 0.6 is 0 Å². The summed E-state index contributed by atoms with van der Waals surface area (Å²) in [6, 6.07) is 12.3. The first-order valence-corrected chi connectivity index (χ1v) is 13.3. The highest BCUT2D eigenvalue weighted by molar-refractivity contribution is 6.00. The van der Waals surface area contributed by atoms with Crippen molar-refractivity contribution >= 4 is 28.5 Å². The Labute approximate surface area is 219 Å². The number of nitrogens with zero attached hydrogens (tertiary/aromatic N) is 2. The average molecular weight is 512 g/mol. The van der Waals surface area contributed by atoms with Gasteiger partial charge in [-0.2, -0.15) is 0 Å². The number of carbonyl (C=O) groups is 2. The molecule has 3 aliphatic rings. The Morgan fingerprint density at radius 1 is 1.08 bits per heavy atom. The maximum Gasteiger partial charge on any atom is 0.252 e. The Morgan fingerprint density at radius 3 is 2.76 bits per heavy atom. The molecular formula is C29H29N5O4. The van der Waals surface area contributed by atoms with Gasteiger partial charge in [0.15, 0.2) is 0 Å². The molecule has 4 aromatic rings. The molecule has 38 heavy (non-hydrogen) atoms. The molecule has 194 valence electrons. The van der Waals surface area contributed by atoms with Crippen molar-refractivity contribution in [2.75, 3.05) is 5.32 Å². The van der Waals surface area contributed by atoms with Gasteiger partial charge >= 0.3 is 0 Å². The predicted octanol–water partition coefficient (Wildman–Crippen LogP) is 4.66. The fraction of sp³-hybridized carbons (Fsp3) is 0.345. The summed E-state index contributed by atoms with van der Waals surface area (Å²) in [5, 5.41) is 19.1. The molecule has 0 radical (unpaired) electrons. The summed E-state index contributed by atoms with van der Waals surface area (Å²) >= 11 is 0. The summed E-state index contributed by atoms with van der Waals surface area (Å²) < 4.78 is 7.65. The minimum atomic E-state index is -0.684. The number of phenolic OH excluding ortho intramolecular Hbond substituents is 1. The molecule has 2 aliphatic heterocycles. The van der Waals surface area contributed by atoms with Crippen molar-refractivity contribution in [2.45, 2.75) is 62.7 Å². The molecule has 2 aromatic carbocycles. The highest BCUT2D eigenvalue weighted by Gasteiger charge is 2.42. The second-order valence-electron chi connectivity index (χ2n) is 10.6. The first-order valence-electron chi connectivity index (χ1n) is 13.3. The molecule has 1 saturated heterocycles. The smallest absolute Gasteiger partial charge is 0.252 e. The lowest BCUT2D eigenvalue weighted by molar-refractivity contribution is -0.125. The molecular weight excluding hydrogens is 482 g/mol. The van der Waals surface area contributed by atoms with E-state index in [0.717, 1.165) is 46.5 Å². The van der Waals surface area contributed by atoms with Crippen molar-refractivity contribution in [3.8, 4) is 17.1 Å². The molecule has 4 N–H and O–H groups in total. The normalized spacial score (nSPS) is 22.9. The molecule has 2 aromatic heterocycles. The number of aromatic hydroxyl groups is 1. The van der Waals surface area contributed by atoms with Crippen molar-refractivity contribution in [2.24, 2.45) is 0 Å². The number of amides is 2. The first kappa shape index (κ1) is 22.9. The van der Waals surface area contributed by atoms with Gasteiger partial charge in [0.1, 0.15) is 30.0 Å². The zero-order valence-corrected chi connectivity index (χ0v) is 20.8. The Bertz CT molecular complexity index is 1540. The number of anilines is 1. The molecule has 0 spiro atoms. The second kappa shape index (κ2) is 8.93. The molecule has 3 atom stereocenters. The number of piperidine rings is 1.